The first-order chi connectivity index (χ1) is 15.7. The zero-order chi connectivity index (χ0) is 23.9. The Hall–Kier alpha value is -3.64. The van der Waals surface area contributed by atoms with Crippen LogP contribution in [0.4, 0.5) is 5.69 Å². The molecule has 0 aliphatic carbocycles. The maximum Gasteiger partial charge on any atom is 0.344 e. The quantitative estimate of drug-likeness (QED) is 0.590. The highest BCUT2D eigenvalue weighted by molar-refractivity contribution is 7.89. The van der Waals surface area contributed by atoms with Crippen LogP contribution in [0.2, 0.25) is 0 Å². The normalized spacial score (nSPS) is 19.8. The second-order valence-electron chi connectivity index (χ2n) is 7.44. The lowest BCUT2D eigenvalue weighted by molar-refractivity contribution is -0.144. The highest BCUT2D eigenvalue weighted by Crippen LogP contribution is 2.45. The van der Waals surface area contributed by atoms with Crippen LogP contribution in [0.3, 0.4) is 0 Å². The van der Waals surface area contributed by atoms with Crippen molar-refractivity contribution in [1.29, 1.82) is 0 Å². The summed E-state index contributed by atoms with van der Waals surface area (Å²) < 4.78 is 38.8. The number of nitrogens with one attached hydrogen (secondary N) is 1. The molecule has 174 valence electrons. The summed E-state index contributed by atoms with van der Waals surface area (Å²) in [6, 6.07) is 7.58. The highest BCUT2D eigenvalue weighted by atomic mass is 32.2. The number of sulfonamides is 1. The molecule has 0 unspecified atom stereocenters. The van der Waals surface area contributed by atoms with E-state index < -0.39 is 34.2 Å². The van der Waals surface area contributed by atoms with E-state index in [1.807, 2.05) is 0 Å². The van der Waals surface area contributed by atoms with Gasteiger partial charge in [-0.25, -0.2) is 18.4 Å². The Balaban J connectivity index is 1.61. The number of esters is 1. The van der Waals surface area contributed by atoms with Crippen LogP contribution in [0.5, 0.6) is 11.5 Å². The summed E-state index contributed by atoms with van der Waals surface area (Å²) in [5, 5.41) is 7.74. The molecule has 3 N–H and O–H groups in total. The number of ether oxygens (including phenoxy) is 3. The third-order valence-corrected chi connectivity index (χ3v) is 6.46. The molecule has 2 atom stereocenters. The van der Waals surface area contributed by atoms with E-state index in [0.717, 1.165) is 0 Å². The molecule has 0 radical (unpaired) electrons. The van der Waals surface area contributed by atoms with E-state index in [2.05, 4.69) is 5.32 Å². The molecule has 2 amide bonds. The molecular formula is C21H21N3O8S. The van der Waals surface area contributed by atoms with Crippen LogP contribution in [-0.2, 0) is 24.3 Å². The fraction of sp³-hybridized carbons (Fsp3) is 0.286. The van der Waals surface area contributed by atoms with Crippen LogP contribution < -0.4 is 19.9 Å². The molecule has 0 aromatic heterocycles. The second-order valence-corrected chi connectivity index (χ2v) is 9.00. The monoisotopic (exact) mass is 475 g/mol. The largest absolute Gasteiger partial charge is 0.493 e. The van der Waals surface area contributed by atoms with Crippen molar-refractivity contribution in [3.8, 4) is 11.5 Å². The first kappa shape index (κ1) is 22.6. The standard InChI is InChI=1S/C21H21N3O8S/c1-30-15-9-7-13-17(18(15)31-2)21(27)32-20(13)24-14(8-10-16(24)25)19(26)23-11-3-5-12(6-4-11)33(22,28)29/h3-7,9,14,20H,8,10H2,1-2H3,(H,23,26)(H2,22,28,29)/t14-,20-/m1/s1. The molecule has 0 bridgehead atoms. The van der Waals surface area contributed by atoms with Gasteiger partial charge in [-0.1, -0.05) is 0 Å². The van der Waals surface area contributed by atoms with Gasteiger partial charge in [-0.2, -0.15) is 0 Å². The van der Waals surface area contributed by atoms with E-state index in [0.29, 0.717) is 17.0 Å². The third-order valence-electron chi connectivity index (χ3n) is 5.53. The Morgan fingerprint density at radius 2 is 1.82 bits per heavy atom. The van der Waals surface area contributed by atoms with Gasteiger partial charge in [0.2, 0.25) is 28.1 Å². The van der Waals surface area contributed by atoms with Crippen LogP contribution in [-0.4, -0.2) is 51.4 Å². The van der Waals surface area contributed by atoms with Gasteiger partial charge in [0, 0.05) is 17.7 Å². The number of hydrogen-bond acceptors (Lipinski definition) is 8. The molecule has 1 fully saturated rings. The number of fused-ring (bicyclic) bond motifs is 1. The SMILES string of the molecule is COc1ccc2c(c1OC)C(=O)O[C@H]2N1C(=O)CC[C@@H]1C(=O)Nc1ccc(S(N)(=O)=O)cc1. The van der Waals surface area contributed by atoms with E-state index in [4.69, 9.17) is 19.3 Å². The number of carbonyl (C=O) groups excluding carboxylic acids is 3. The molecule has 12 heteroatoms. The molecule has 2 aliphatic heterocycles. The van der Waals surface area contributed by atoms with Crippen LogP contribution in [0.15, 0.2) is 41.3 Å². The van der Waals surface area contributed by atoms with Gasteiger partial charge in [0.25, 0.3) is 0 Å². The molecule has 33 heavy (non-hydrogen) atoms. The predicted molar refractivity (Wildman–Crippen MR) is 114 cm³/mol. The Morgan fingerprint density at radius 3 is 2.42 bits per heavy atom. The van der Waals surface area contributed by atoms with Gasteiger partial charge in [-0.15, -0.1) is 0 Å². The minimum atomic E-state index is -3.87. The van der Waals surface area contributed by atoms with Gasteiger partial charge in [-0.3, -0.25) is 14.5 Å². The number of cyclic esters (lactones) is 1. The summed E-state index contributed by atoms with van der Waals surface area (Å²) in [5.41, 5.74) is 0.851. The lowest BCUT2D eigenvalue weighted by Crippen LogP contribution is -2.43. The number of anilines is 1. The van der Waals surface area contributed by atoms with Crippen molar-refractivity contribution in [3.63, 3.8) is 0 Å². The van der Waals surface area contributed by atoms with Crippen molar-refractivity contribution < 1.29 is 37.0 Å². The molecular weight excluding hydrogens is 454 g/mol. The number of carbonyl (C=O) groups is 3. The molecule has 11 nitrogen and oxygen atoms in total. The molecule has 2 aromatic rings. The number of hydrogen-bond donors (Lipinski definition) is 2. The summed E-state index contributed by atoms with van der Waals surface area (Å²) in [4.78, 5) is 39.4. The Bertz CT molecular complexity index is 1240. The van der Waals surface area contributed by atoms with E-state index >= 15 is 0 Å². The van der Waals surface area contributed by atoms with Crippen LogP contribution in [0.1, 0.15) is 35.0 Å². The Labute approximate surface area is 189 Å². The fourth-order valence-electron chi connectivity index (χ4n) is 4.00. The third kappa shape index (κ3) is 3.98. The zero-order valence-corrected chi connectivity index (χ0v) is 18.5. The van der Waals surface area contributed by atoms with Crippen molar-refractivity contribution in [2.75, 3.05) is 19.5 Å². The number of primary sulfonamides is 1. The number of methoxy groups -OCH3 is 2. The number of nitrogens with zero attached hydrogens (tertiary/aromatic N) is 1. The van der Waals surface area contributed by atoms with Gasteiger partial charge in [0.05, 0.1) is 19.1 Å². The molecule has 1 saturated heterocycles. The maximum absolute atomic E-state index is 13.0. The van der Waals surface area contributed by atoms with Crippen LogP contribution in [0.25, 0.3) is 0 Å². The zero-order valence-electron chi connectivity index (χ0n) is 17.7. The van der Waals surface area contributed by atoms with Gasteiger partial charge in [0.15, 0.2) is 11.5 Å². The minimum absolute atomic E-state index is 0.0963. The maximum atomic E-state index is 13.0. The number of rotatable bonds is 6. The second kappa shape index (κ2) is 8.37. The lowest BCUT2D eigenvalue weighted by Gasteiger charge is -2.29. The fourth-order valence-corrected chi connectivity index (χ4v) is 4.51. The van der Waals surface area contributed by atoms with Crippen molar-refractivity contribution >= 4 is 33.5 Å². The van der Waals surface area contributed by atoms with Crippen LogP contribution >= 0.6 is 0 Å². The smallest absolute Gasteiger partial charge is 0.344 e. The molecule has 2 aliphatic rings. The Morgan fingerprint density at radius 1 is 1.12 bits per heavy atom. The van der Waals surface area contributed by atoms with E-state index in [9.17, 15) is 22.8 Å². The number of benzene rings is 2. The van der Waals surface area contributed by atoms with Gasteiger partial charge < -0.3 is 19.5 Å². The molecule has 0 saturated carbocycles. The number of likely N-dealkylation sites (tertiary alicyclic amines) is 1. The van der Waals surface area contributed by atoms with Crippen molar-refractivity contribution in [2.24, 2.45) is 5.14 Å². The first-order valence-electron chi connectivity index (χ1n) is 9.86. The van der Waals surface area contributed by atoms with Gasteiger partial charge in [-0.05, 0) is 42.8 Å². The van der Waals surface area contributed by atoms with E-state index in [1.54, 1.807) is 12.1 Å². The molecule has 0 spiro atoms. The first-order valence-corrected chi connectivity index (χ1v) is 11.4. The number of nitrogens with two attached hydrogens (primary N) is 1. The van der Waals surface area contributed by atoms with Crippen molar-refractivity contribution in [3.05, 3.63) is 47.5 Å². The highest BCUT2D eigenvalue weighted by Gasteiger charge is 2.47. The van der Waals surface area contributed by atoms with Gasteiger partial charge >= 0.3 is 5.97 Å². The van der Waals surface area contributed by atoms with E-state index in [-0.39, 0.29) is 35.0 Å². The summed E-state index contributed by atoms with van der Waals surface area (Å²) in [5.74, 6) is -1.03. The van der Waals surface area contributed by atoms with E-state index in [1.165, 1.54) is 43.4 Å². The molecule has 2 heterocycles. The average molecular weight is 475 g/mol. The summed E-state index contributed by atoms with van der Waals surface area (Å²) in [6.07, 6.45) is -0.779. The Kier molecular flexibility index (Phi) is 5.72. The van der Waals surface area contributed by atoms with Gasteiger partial charge in [0.1, 0.15) is 11.6 Å². The van der Waals surface area contributed by atoms with Crippen LogP contribution in [0, 0.1) is 0 Å². The predicted octanol–water partition coefficient (Wildman–Crippen LogP) is 1.15. The summed E-state index contributed by atoms with van der Waals surface area (Å²) >= 11 is 0. The van der Waals surface area contributed by atoms with Crippen molar-refractivity contribution in [2.45, 2.75) is 30.0 Å². The average Bonchev–Trinajstić information content (AvgIpc) is 3.32. The molecule has 2 aromatic carbocycles. The molecule has 4 rings (SSSR count). The topological polar surface area (TPSA) is 154 Å². The summed E-state index contributed by atoms with van der Waals surface area (Å²) in [6.45, 7) is 0. The minimum Gasteiger partial charge on any atom is -0.493 e. The lowest BCUT2D eigenvalue weighted by atomic mass is 10.1. The van der Waals surface area contributed by atoms with Crippen molar-refractivity contribution in [1.82, 2.24) is 4.90 Å². The summed E-state index contributed by atoms with van der Waals surface area (Å²) in [7, 11) is -1.05. The number of amides is 2.